The summed E-state index contributed by atoms with van der Waals surface area (Å²) in [5, 5.41) is 6.68. The molecule has 1 saturated heterocycles. The molecular weight excluding hydrogens is 266 g/mol. The molecule has 0 saturated carbocycles. The summed E-state index contributed by atoms with van der Waals surface area (Å²) in [4.78, 5) is 11.5. The van der Waals surface area contributed by atoms with E-state index in [-0.39, 0.29) is 0 Å². The van der Waals surface area contributed by atoms with Crippen molar-refractivity contribution in [3.8, 4) is 0 Å². The first-order chi connectivity index (χ1) is 10.2. The van der Waals surface area contributed by atoms with Gasteiger partial charge >= 0.3 is 0 Å². The summed E-state index contributed by atoms with van der Waals surface area (Å²) in [5.74, 6) is 2.99. The number of anilines is 2. The zero-order chi connectivity index (χ0) is 15.1. The number of hydrogen-bond donors (Lipinski definition) is 2. The van der Waals surface area contributed by atoms with Gasteiger partial charge in [-0.1, -0.05) is 13.8 Å². The molecule has 1 aromatic heterocycles. The van der Waals surface area contributed by atoms with Gasteiger partial charge in [0.05, 0.1) is 13.2 Å². The smallest absolute Gasteiger partial charge is 0.135 e. The van der Waals surface area contributed by atoms with E-state index in [4.69, 9.17) is 4.74 Å². The summed E-state index contributed by atoms with van der Waals surface area (Å²) in [6.07, 6.45) is 0. The Bertz CT molecular complexity index is 432. The molecule has 2 heterocycles. The Labute approximate surface area is 127 Å². The largest absolute Gasteiger partial charge is 0.379 e. The Hall–Kier alpha value is -1.40. The first-order valence-corrected chi connectivity index (χ1v) is 7.86. The molecule has 1 aliphatic rings. The third kappa shape index (κ3) is 5.13. The Kier molecular flexibility index (Phi) is 6.20. The molecule has 1 fully saturated rings. The average molecular weight is 293 g/mol. The van der Waals surface area contributed by atoms with Crippen molar-refractivity contribution in [2.24, 2.45) is 0 Å². The first kappa shape index (κ1) is 16.0. The molecule has 1 aliphatic heterocycles. The van der Waals surface area contributed by atoms with Gasteiger partial charge in [-0.2, -0.15) is 0 Å². The van der Waals surface area contributed by atoms with Gasteiger partial charge in [0.25, 0.3) is 0 Å². The molecule has 0 spiro atoms. The number of rotatable bonds is 7. The van der Waals surface area contributed by atoms with Gasteiger partial charge in [0.15, 0.2) is 0 Å². The topological polar surface area (TPSA) is 62.3 Å². The lowest BCUT2D eigenvalue weighted by Crippen LogP contribution is -2.39. The highest BCUT2D eigenvalue weighted by molar-refractivity contribution is 5.47. The fourth-order valence-corrected chi connectivity index (χ4v) is 2.25. The third-order valence-electron chi connectivity index (χ3n) is 3.46. The van der Waals surface area contributed by atoms with Crippen molar-refractivity contribution in [3.05, 3.63) is 11.9 Å². The molecular formula is C15H27N5O. The van der Waals surface area contributed by atoms with Crippen LogP contribution in [0.3, 0.4) is 0 Å². The van der Waals surface area contributed by atoms with Crippen LogP contribution in [0.1, 0.15) is 32.5 Å². The minimum absolute atomic E-state index is 0.323. The molecule has 0 radical (unpaired) electrons. The lowest BCUT2D eigenvalue weighted by atomic mass is 10.2. The van der Waals surface area contributed by atoms with Crippen molar-refractivity contribution < 1.29 is 4.74 Å². The molecule has 2 rings (SSSR count). The van der Waals surface area contributed by atoms with Crippen LogP contribution < -0.4 is 10.6 Å². The second-order valence-electron chi connectivity index (χ2n) is 5.56. The minimum atomic E-state index is 0.323. The van der Waals surface area contributed by atoms with E-state index in [0.717, 1.165) is 63.4 Å². The van der Waals surface area contributed by atoms with Crippen LogP contribution in [0.2, 0.25) is 0 Å². The second kappa shape index (κ2) is 8.14. The zero-order valence-electron chi connectivity index (χ0n) is 13.4. The Morgan fingerprint density at radius 2 is 1.86 bits per heavy atom. The van der Waals surface area contributed by atoms with Crippen LogP contribution in [0.5, 0.6) is 0 Å². The van der Waals surface area contributed by atoms with Gasteiger partial charge < -0.3 is 15.4 Å². The van der Waals surface area contributed by atoms with Crippen LogP contribution in [0, 0.1) is 0 Å². The molecule has 118 valence electrons. The van der Waals surface area contributed by atoms with Gasteiger partial charge in [-0.25, -0.2) is 9.97 Å². The van der Waals surface area contributed by atoms with E-state index in [1.165, 1.54) is 0 Å². The highest BCUT2D eigenvalue weighted by Crippen LogP contribution is 2.16. The normalized spacial score (nSPS) is 16.2. The van der Waals surface area contributed by atoms with Crippen molar-refractivity contribution >= 4 is 11.6 Å². The van der Waals surface area contributed by atoms with Crippen LogP contribution in [-0.4, -0.2) is 60.8 Å². The number of nitrogens with zero attached hydrogens (tertiary/aromatic N) is 3. The van der Waals surface area contributed by atoms with Crippen LogP contribution in [0.4, 0.5) is 11.6 Å². The fraction of sp³-hybridized carbons (Fsp3) is 0.733. The van der Waals surface area contributed by atoms with Crippen molar-refractivity contribution in [1.29, 1.82) is 0 Å². The van der Waals surface area contributed by atoms with Gasteiger partial charge in [-0.15, -0.1) is 0 Å². The zero-order valence-corrected chi connectivity index (χ0v) is 13.4. The van der Waals surface area contributed by atoms with E-state index in [1.54, 1.807) is 0 Å². The molecule has 0 aromatic carbocycles. The van der Waals surface area contributed by atoms with E-state index >= 15 is 0 Å². The Morgan fingerprint density at radius 1 is 1.19 bits per heavy atom. The summed E-state index contributed by atoms with van der Waals surface area (Å²) in [7, 11) is 0. The Balaban J connectivity index is 1.91. The predicted octanol–water partition coefficient (Wildman–Crippen LogP) is 1.78. The van der Waals surface area contributed by atoms with E-state index in [0.29, 0.717) is 5.92 Å². The first-order valence-electron chi connectivity index (χ1n) is 7.86. The number of nitrogens with one attached hydrogen (secondary N) is 2. The van der Waals surface area contributed by atoms with Crippen LogP contribution in [0.15, 0.2) is 6.07 Å². The van der Waals surface area contributed by atoms with Gasteiger partial charge in [0, 0.05) is 44.7 Å². The average Bonchev–Trinajstić information content (AvgIpc) is 2.48. The summed E-state index contributed by atoms with van der Waals surface area (Å²) in [6.45, 7) is 12.8. The third-order valence-corrected chi connectivity index (χ3v) is 3.46. The molecule has 2 N–H and O–H groups in total. The lowest BCUT2D eigenvalue weighted by molar-refractivity contribution is 0.0398. The second-order valence-corrected chi connectivity index (χ2v) is 5.56. The summed E-state index contributed by atoms with van der Waals surface area (Å²) < 4.78 is 5.36. The Morgan fingerprint density at radius 3 is 2.48 bits per heavy atom. The summed E-state index contributed by atoms with van der Waals surface area (Å²) >= 11 is 0. The minimum Gasteiger partial charge on any atom is -0.379 e. The highest BCUT2D eigenvalue weighted by atomic mass is 16.5. The van der Waals surface area contributed by atoms with E-state index in [1.807, 2.05) is 6.07 Å². The molecule has 0 unspecified atom stereocenters. The quantitative estimate of drug-likeness (QED) is 0.799. The number of ether oxygens (including phenoxy) is 1. The monoisotopic (exact) mass is 293 g/mol. The van der Waals surface area contributed by atoms with Gasteiger partial charge in [0.2, 0.25) is 0 Å². The maximum absolute atomic E-state index is 5.36. The molecule has 0 atom stereocenters. The fourth-order valence-electron chi connectivity index (χ4n) is 2.25. The van der Waals surface area contributed by atoms with Gasteiger partial charge in [-0.3, -0.25) is 4.90 Å². The van der Waals surface area contributed by atoms with Crippen molar-refractivity contribution in [3.63, 3.8) is 0 Å². The molecule has 6 nitrogen and oxygen atoms in total. The van der Waals surface area contributed by atoms with Crippen molar-refractivity contribution in [2.45, 2.75) is 26.7 Å². The van der Waals surface area contributed by atoms with Crippen molar-refractivity contribution in [2.75, 3.05) is 56.6 Å². The number of morpholine rings is 1. The van der Waals surface area contributed by atoms with E-state index in [9.17, 15) is 0 Å². The molecule has 0 amide bonds. The van der Waals surface area contributed by atoms with Crippen LogP contribution >= 0.6 is 0 Å². The lowest BCUT2D eigenvalue weighted by Gasteiger charge is -2.26. The highest BCUT2D eigenvalue weighted by Gasteiger charge is 2.11. The van der Waals surface area contributed by atoms with Crippen LogP contribution in [0.25, 0.3) is 0 Å². The maximum atomic E-state index is 5.36. The molecule has 21 heavy (non-hydrogen) atoms. The van der Waals surface area contributed by atoms with Gasteiger partial charge in [0.1, 0.15) is 17.5 Å². The van der Waals surface area contributed by atoms with Gasteiger partial charge in [-0.05, 0) is 6.92 Å². The number of hydrogen-bond acceptors (Lipinski definition) is 6. The standard InChI is InChI=1S/C15H27N5O/c1-4-16-13-11-14(19-15(18-13)12(2)3)17-5-6-20-7-9-21-10-8-20/h11-12H,4-10H2,1-3H3,(H2,16,17,18,19). The molecule has 0 bridgehead atoms. The summed E-state index contributed by atoms with van der Waals surface area (Å²) in [6, 6.07) is 1.98. The molecule has 1 aromatic rings. The van der Waals surface area contributed by atoms with E-state index in [2.05, 4.69) is 46.3 Å². The predicted molar refractivity (Wildman–Crippen MR) is 86.0 cm³/mol. The molecule has 0 aliphatic carbocycles. The SMILES string of the molecule is CCNc1cc(NCCN2CCOCC2)nc(C(C)C)n1. The van der Waals surface area contributed by atoms with E-state index < -0.39 is 0 Å². The summed E-state index contributed by atoms with van der Waals surface area (Å²) in [5.41, 5.74) is 0. The molecule has 6 heteroatoms. The van der Waals surface area contributed by atoms with Crippen molar-refractivity contribution in [1.82, 2.24) is 14.9 Å². The number of aromatic nitrogens is 2. The maximum Gasteiger partial charge on any atom is 0.135 e. The van der Waals surface area contributed by atoms with Crippen LogP contribution in [-0.2, 0) is 4.74 Å².